The van der Waals surface area contributed by atoms with Crippen LogP contribution >= 0.6 is 11.3 Å². The van der Waals surface area contributed by atoms with Gasteiger partial charge in [0, 0.05) is 9.40 Å². The Morgan fingerprint density at radius 2 is 1.94 bits per heavy atom. The molecule has 1 heterocycles. The number of nitrogens with zero attached hydrogens (tertiary/aromatic N) is 1. The summed E-state index contributed by atoms with van der Waals surface area (Å²) in [5.41, 5.74) is 1.11. The number of fused-ring (bicyclic) bond motifs is 3. The van der Waals surface area contributed by atoms with E-state index in [-0.39, 0.29) is 0 Å². The second kappa shape index (κ2) is 4.11. The molecule has 3 nitrogen and oxygen atoms in total. The Bertz CT molecular complexity index is 789. The van der Waals surface area contributed by atoms with E-state index in [4.69, 9.17) is 6.57 Å². The highest BCUT2D eigenvalue weighted by Gasteiger charge is 2.17. The molecule has 0 aliphatic carbocycles. The van der Waals surface area contributed by atoms with E-state index in [2.05, 4.69) is 4.85 Å². The monoisotopic (exact) mass is 253 g/mol. The number of hydrogen-bond acceptors (Lipinski definition) is 3. The summed E-state index contributed by atoms with van der Waals surface area (Å²) in [5.74, 6) is 0. The lowest BCUT2D eigenvalue weighted by atomic mass is 9.77. The van der Waals surface area contributed by atoms with Gasteiger partial charge in [-0.1, -0.05) is 24.3 Å². The number of rotatable bonds is 1. The predicted molar refractivity (Wildman–Crippen MR) is 75.4 cm³/mol. The third-order valence-corrected chi connectivity index (χ3v) is 4.04. The van der Waals surface area contributed by atoms with Crippen LogP contribution in [0.15, 0.2) is 36.4 Å². The summed E-state index contributed by atoms with van der Waals surface area (Å²) in [6, 6.07) is 10.9. The van der Waals surface area contributed by atoms with Gasteiger partial charge in [-0.05, 0) is 28.4 Å². The van der Waals surface area contributed by atoms with Crippen molar-refractivity contribution in [3.63, 3.8) is 0 Å². The van der Waals surface area contributed by atoms with E-state index in [0.717, 1.165) is 20.2 Å². The van der Waals surface area contributed by atoms with Gasteiger partial charge in [0.2, 0.25) is 0 Å². The van der Waals surface area contributed by atoms with Gasteiger partial charge in [-0.25, -0.2) is 4.85 Å². The first-order chi connectivity index (χ1) is 8.70. The van der Waals surface area contributed by atoms with E-state index >= 15 is 0 Å². The van der Waals surface area contributed by atoms with Crippen LogP contribution in [-0.4, -0.2) is 17.2 Å². The summed E-state index contributed by atoms with van der Waals surface area (Å²) in [4.78, 5) is 3.41. The minimum absolute atomic E-state index is 0.509. The topological polar surface area (TPSA) is 44.8 Å². The smallest absolute Gasteiger partial charge is 0.423 e. The van der Waals surface area contributed by atoms with E-state index in [0.29, 0.717) is 11.2 Å². The summed E-state index contributed by atoms with van der Waals surface area (Å²) in [6.07, 6.45) is 0. The molecule has 3 aromatic rings. The predicted octanol–water partition coefficient (Wildman–Crippen LogP) is 2.29. The molecule has 0 aliphatic rings. The van der Waals surface area contributed by atoms with Crippen LogP contribution in [0.4, 0.5) is 5.69 Å². The van der Waals surface area contributed by atoms with Crippen molar-refractivity contribution in [3.05, 3.63) is 47.8 Å². The highest BCUT2D eigenvalue weighted by molar-refractivity contribution is 7.26. The first-order valence-corrected chi connectivity index (χ1v) is 6.21. The highest BCUT2D eigenvalue weighted by atomic mass is 32.1. The molecule has 3 rings (SSSR count). The Morgan fingerprint density at radius 1 is 1.11 bits per heavy atom. The van der Waals surface area contributed by atoms with Gasteiger partial charge in [0.05, 0.1) is 6.57 Å². The van der Waals surface area contributed by atoms with E-state index in [1.807, 2.05) is 24.3 Å². The maximum atomic E-state index is 9.41. The van der Waals surface area contributed by atoms with Gasteiger partial charge in [-0.2, -0.15) is 0 Å². The molecule has 0 saturated carbocycles. The largest absolute Gasteiger partial charge is 0.489 e. The van der Waals surface area contributed by atoms with Gasteiger partial charge in [0.25, 0.3) is 0 Å². The SMILES string of the molecule is [C-]#[N+]c1ccc2c(c1)sc1cccc(B(O)O)c12. The van der Waals surface area contributed by atoms with Crippen LogP contribution in [0.5, 0.6) is 0 Å². The average molecular weight is 253 g/mol. The molecule has 2 aromatic carbocycles. The molecule has 0 saturated heterocycles. The molecular formula is C13H8BNO2S. The molecule has 0 aliphatic heterocycles. The lowest BCUT2D eigenvalue weighted by Crippen LogP contribution is -2.30. The quantitative estimate of drug-likeness (QED) is 0.516. The maximum Gasteiger partial charge on any atom is 0.489 e. The molecule has 0 radical (unpaired) electrons. The minimum atomic E-state index is -1.48. The second-order valence-electron chi connectivity index (χ2n) is 3.99. The van der Waals surface area contributed by atoms with Gasteiger partial charge < -0.3 is 10.0 Å². The Labute approximate surface area is 108 Å². The Kier molecular flexibility index (Phi) is 2.56. The Balaban J connectivity index is 2.46. The molecule has 0 amide bonds. The standard InChI is InChI=1S/C13H8BNO2S/c1-15-8-5-6-9-12(7-8)18-11-4-2-3-10(13(9)11)14(16)17/h2-7,16-17H. The van der Waals surface area contributed by atoms with Crippen LogP contribution in [0, 0.1) is 6.57 Å². The third kappa shape index (κ3) is 1.59. The normalized spacial score (nSPS) is 10.7. The highest BCUT2D eigenvalue weighted by Crippen LogP contribution is 2.35. The summed E-state index contributed by atoms with van der Waals surface area (Å²) in [7, 11) is -1.48. The van der Waals surface area contributed by atoms with Crippen molar-refractivity contribution >= 4 is 49.8 Å². The van der Waals surface area contributed by atoms with Crippen molar-refractivity contribution in [1.82, 2.24) is 0 Å². The molecule has 2 N–H and O–H groups in total. The van der Waals surface area contributed by atoms with Crippen molar-refractivity contribution < 1.29 is 10.0 Å². The fourth-order valence-electron chi connectivity index (χ4n) is 2.13. The zero-order valence-corrected chi connectivity index (χ0v) is 10.1. The second-order valence-corrected chi connectivity index (χ2v) is 5.07. The molecule has 5 heteroatoms. The summed E-state index contributed by atoms with van der Waals surface area (Å²) >= 11 is 1.56. The van der Waals surface area contributed by atoms with Gasteiger partial charge in [0.15, 0.2) is 5.69 Å². The zero-order valence-electron chi connectivity index (χ0n) is 9.29. The van der Waals surface area contributed by atoms with Gasteiger partial charge >= 0.3 is 7.12 Å². The van der Waals surface area contributed by atoms with Crippen molar-refractivity contribution in [2.75, 3.05) is 0 Å². The lowest BCUT2D eigenvalue weighted by Gasteiger charge is -2.01. The molecule has 0 spiro atoms. The van der Waals surface area contributed by atoms with E-state index in [1.165, 1.54) is 0 Å². The van der Waals surface area contributed by atoms with Gasteiger partial charge in [0.1, 0.15) is 0 Å². The van der Waals surface area contributed by atoms with Crippen LogP contribution in [-0.2, 0) is 0 Å². The first kappa shape index (κ1) is 11.2. The van der Waals surface area contributed by atoms with E-state index in [9.17, 15) is 10.0 Å². The molecule has 0 fully saturated rings. The lowest BCUT2D eigenvalue weighted by molar-refractivity contribution is 0.426. The van der Waals surface area contributed by atoms with Crippen LogP contribution < -0.4 is 5.46 Å². The first-order valence-electron chi connectivity index (χ1n) is 5.39. The molecular weight excluding hydrogens is 245 g/mol. The van der Waals surface area contributed by atoms with E-state index < -0.39 is 7.12 Å². The minimum Gasteiger partial charge on any atom is -0.423 e. The van der Waals surface area contributed by atoms with Crippen molar-refractivity contribution in [1.29, 1.82) is 0 Å². The molecule has 0 unspecified atom stereocenters. The van der Waals surface area contributed by atoms with E-state index in [1.54, 1.807) is 23.5 Å². The fraction of sp³-hybridized carbons (Fsp3) is 0. The van der Waals surface area contributed by atoms with Crippen LogP contribution in [0.25, 0.3) is 25.0 Å². The van der Waals surface area contributed by atoms with Gasteiger partial charge in [-0.3, -0.25) is 0 Å². The Morgan fingerprint density at radius 3 is 2.67 bits per heavy atom. The molecule has 0 atom stereocenters. The van der Waals surface area contributed by atoms with Crippen LogP contribution in [0.2, 0.25) is 0 Å². The summed E-state index contributed by atoms with van der Waals surface area (Å²) < 4.78 is 1.99. The zero-order chi connectivity index (χ0) is 12.7. The van der Waals surface area contributed by atoms with Crippen LogP contribution in [0.3, 0.4) is 0 Å². The van der Waals surface area contributed by atoms with Crippen molar-refractivity contribution in [2.45, 2.75) is 0 Å². The van der Waals surface area contributed by atoms with Crippen molar-refractivity contribution in [2.24, 2.45) is 0 Å². The molecule has 18 heavy (non-hydrogen) atoms. The number of benzene rings is 2. The Hall–Kier alpha value is -1.87. The molecule has 86 valence electrons. The van der Waals surface area contributed by atoms with Gasteiger partial charge in [-0.15, -0.1) is 11.3 Å². The molecule has 0 bridgehead atoms. The summed E-state index contributed by atoms with van der Waals surface area (Å²) in [5, 5.41) is 20.7. The fourth-order valence-corrected chi connectivity index (χ4v) is 3.30. The number of hydrogen-bond donors (Lipinski definition) is 2. The maximum absolute atomic E-state index is 9.41. The molecule has 1 aromatic heterocycles. The number of thiophene rings is 1. The third-order valence-electron chi connectivity index (χ3n) is 2.92. The van der Waals surface area contributed by atoms with Crippen LogP contribution in [0.1, 0.15) is 0 Å². The average Bonchev–Trinajstić information content (AvgIpc) is 2.75. The van der Waals surface area contributed by atoms with Crippen molar-refractivity contribution in [3.8, 4) is 0 Å². The summed E-state index contributed by atoms with van der Waals surface area (Å²) in [6.45, 7) is 7.01.